The SMILES string of the molecule is N#C[C@@H](Nc1ccc(F)c(Cl)c1)c1cccs1. The van der Waals surface area contributed by atoms with E-state index in [0.717, 1.165) is 4.88 Å². The van der Waals surface area contributed by atoms with Gasteiger partial charge in [0.1, 0.15) is 11.9 Å². The van der Waals surface area contributed by atoms with Crippen LogP contribution in [-0.2, 0) is 0 Å². The molecule has 1 N–H and O–H groups in total. The highest BCUT2D eigenvalue weighted by Crippen LogP contribution is 2.25. The Kier molecular flexibility index (Phi) is 3.62. The van der Waals surface area contributed by atoms with E-state index in [1.807, 2.05) is 17.5 Å². The lowest BCUT2D eigenvalue weighted by Crippen LogP contribution is -2.06. The van der Waals surface area contributed by atoms with Gasteiger partial charge in [0.05, 0.1) is 11.1 Å². The molecule has 17 heavy (non-hydrogen) atoms. The number of hydrogen-bond donors (Lipinski definition) is 1. The summed E-state index contributed by atoms with van der Waals surface area (Å²) in [6.07, 6.45) is 0. The van der Waals surface area contributed by atoms with Crippen molar-refractivity contribution < 1.29 is 4.39 Å². The molecule has 2 nitrogen and oxygen atoms in total. The van der Waals surface area contributed by atoms with Gasteiger partial charge in [-0.25, -0.2) is 4.39 Å². The van der Waals surface area contributed by atoms with Crippen molar-refractivity contribution in [3.63, 3.8) is 0 Å². The van der Waals surface area contributed by atoms with Gasteiger partial charge in [-0.05, 0) is 29.6 Å². The Morgan fingerprint density at radius 3 is 2.82 bits per heavy atom. The molecule has 0 bridgehead atoms. The van der Waals surface area contributed by atoms with Crippen LogP contribution in [0, 0.1) is 17.1 Å². The Bertz CT molecular complexity index is 548. The third kappa shape index (κ3) is 2.76. The van der Waals surface area contributed by atoms with E-state index in [4.69, 9.17) is 16.9 Å². The van der Waals surface area contributed by atoms with Crippen molar-refractivity contribution in [1.82, 2.24) is 0 Å². The van der Waals surface area contributed by atoms with E-state index in [9.17, 15) is 4.39 Å². The van der Waals surface area contributed by atoms with Gasteiger partial charge in [-0.1, -0.05) is 17.7 Å². The number of nitrogens with zero attached hydrogens (tertiary/aromatic N) is 1. The van der Waals surface area contributed by atoms with Gasteiger partial charge in [-0.3, -0.25) is 0 Å². The highest BCUT2D eigenvalue weighted by molar-refractivity contribution is 7.10. The van der Waals surface area contributed by atoms with Crippen LogP contribution in [0.2, 0.25) is 5.02 Å². The highest BCUT2D eigenvalue weighted by Gasteiger charge is 2.11. The Balaban J connectivity index is 2.20. The van der Waals surface area contributed by atoms with Crippen LogP contribution in [0.25, 0.3) is 0 Å². The first kappa shape index (κ1) is 11.9. The summed E-state index contributed by atoms with van der Waals surface area (Å²) in [7, 11) is 0. The standard InChI is InChI=1S/C12H8ClFN2S/c13-9-6-8(3-4-10(9)14)16-11(7-15)12-2-1-5-17-12/h1-6,11,16H/t11-/m1/s1. The summed E-state index contributed by atoms with van der Waals surface area (Å²) in [5.41, 5.74) is 0.622. The number of benzene rings is 1. The fraction of sp³-hybridized carbons (Fsp3) is 0.0833. The molecule has 0 aliphatic rings. The molecule has 0 spiro atoms. The van der Waals surface area contributed by atoms with E-state index < -0.39 is 11.9 Å². The van der Waals surface area contributed by atoms with E-state index in [2.05, 4.69) is 11.4 Å². The molecule has 0 unspecified atom stereocenters. The smallest absolute Gasteiger partial charge is 0.149 e. The second kappa shape index (κ2) is 5.17. The molecule has 0 saturated carbocycles. The minimum absolute atomic E-state index is 0.0397. The van der Waals surface area contributed by atoms with Crippen molar-refractivity contribution in [2.75, 3.05) is 5.32 Å². The summed E-state index contributed by atoms with van der Waals surface area (Å²) in [4.78, 5) is 0.910. The molecule has 0 saturated heterocycles. The Labute approximate surface area is 107 Å². The molecule has 2 rings (SSSR count). The first-order chi connectivity index (χ1) is 8.20. The molecule has 0 amide bonds. The summed E-state index contributed by atoms with van der Waals surface area (Å²) in [6, 6.07) is 9.75. The molecule has 1 heterocycles. The summed E-state index contributed by atoms with van der Waals surface area (Å²) < 4.78 is 13.0. The number of hydrogen-bond acceptors (Lipinski definition) is 3. The van der Waals surface area contributed by atoms with Crippen molar-refractivity contribution >= 4 is 28.6 Å². The average molecular weight is 267 g/mol. The molecule has 1 aromatic carbocycles. The average Bonchev–Trinajstić information content (AvgIpc) is 2.84. The highest BCUT2D eigenvalue weighted by atomic mass is 35.5. The molecular formula is C12H8ClFN2S. The summed E-state index contributed by atoms with van der Waals surface area (Å²) in [5, 5.41) is 14.0. The molecule has 1 atom stereocenters. The topological polar surface area (TPSA) is 35.8 Å². The number of thiophene rings is 1. The van der Waals surface area contributed by atoms with Crippen LogP contribution in [0.4, 0.5) is 10.1 Å². The van der Waals surface area contributed by atoms with Crippen LogP contribution in [0.3, 0.4) is 0 Å². The summed E-state index contributed by atoms with van der Waals surface area (Å²) in [5.74, 6) is -0.471. The first-order valence-electron chi connectivity index (χ1n) is 4.85. The molecule has 86 valence electrons. The largest absolute Gasteiger partial charge is 0.365 e. The number of nitriles is 1. The Morgan fingerprint density at radius 1 is 1.41 bits per heavy atom. The second-order valence-electron chi connectivity index (χ2n) is 3.35. The lowest BCUT2D eigenvalue weighted by Gasteiger charge is -2.11. The summed E-state index contributed by atoms with van der Waals surface area (Å²) >= 11 is 7.16. The van der Waals surface area contributed by atoms with Gasteiger partial charge < -0.3 is 5.32 Å². The van der Waals surface area contributed by atoms with E-state index in [1.165, 1.54) is 23.5 Å². The zero-order valence-electron chi connectivity index (χ0n) is 8.65. The number of anilines is 1. The van der Waals surface area contributed by atoms with E-state index in [-0.39, 0.29) is 5.02 Å². The van der Waals surface area contributed by atoms with Gasteiger partial charge in [-0.15, -0.1) is 11.3 Å². The molecule has 5 heteroatoms. The van der Waals surface area contributed by atoms with Crippen LogP contribution in [0.15, 0.2) is 35.7 Å². The van der Waals surface area contributed by atoms with Crippen molar-refractivity contribution in [1.29, 1.82) is 5.26 Å². The van der Waals surface area contributed by atoms with Crippen molar-refractivity contribution in [2.24, 2.45) is 0 Å². The third-order valence-electron chi connectivity index (χ3n) is 2.19. The minimum atomic E-state index is -0.471. The zero-order valence-corrected chi connectivity index (χ0v) is 10.2. The predicted molar refractivity (Wildman–Crippen MR) is 67.7 cm³/mol. The molecular weight excluding hydrogens is 259 g/mol. The van der Waals surface area contributed by atoms with Crippen LogP contribution in [-0.4, -0.2) is 0 Å². The van der Waals surface area contributed by atoms with Crippen LogP contribution in [0.5, 0.6) is 0 Å². The van der Waals surface area contributed by atoms with E-state index >= 15 is 0 Å². The van der Waals surface area contributed by atoms with Gasteiger partial charge in [0.15, 0.2) is 0 Å². The van der Waals surface area contributed by atoms with Crippen LogP contribution < -0.4 is 5.32 Å². The molecule has 2 aromatic rings. The normalized spacial score (nSPS) is 11.8. The first-order valence-corrected chi connectivity index (χ1v) is 6.11. The quantitative estimate of drug-likeness (QED) is 0.903. The van der Waals surface area contributed by atoms with Crippen LogP contribution in [0.1, 0.15) is 10.9 Å². The lowest BCUT2D eigenvalue weighted by atomic mass is 10.2. The van der Waals surface area contributed by atoms with Gasteiger partial charge in [-0.2, -0.15) is 5.26 Å². The maximum Gasteiger partial charge on any atom is 0.149 e. The maximum atomic E-state index is 13.0. The van der Waals surface area contributed by atoms with Gasteiger partial charge in [0.2, 0.25) is 0 Å². The lowest BCUT2D eigenvalue weighted by molar-refractivity contribution is 0.628. The third-order valence-corrected chi connectivity index (χ3v) is 3.41. The van der Waals surface area contributed by atoms with Gasteiger partial charge in [0.25, 0.3) is 0 Å². The molecule has 1 aromatic heterocycles. The van der Waals surface area contributed by atoms with E-state index in [0.29, 0.717) is 5.69 Å². The molecule has 0 aliphatic heterocycles. The van der Waals surface area contributed by atoms with Crippen molar-refractivity contribution in [2.45, 2.75) is 6.04 Å². The van der Waals surface area contributed by atoms with Crippen molar-refractivity contribution in [3.8, 4) is 6.07 Å². The van der Waals surface area contributed by atoms with Crippen molar-refractivity contribution in [3.05, 3.63) is 51.4 Å². The second-order valence-corrected chi connectivity index (χ2v) is 4.74. The van der Waals surface area contributed by atoms with Gasteiger partial charge in [0, 0.05) is 10.6 Å². The monoisotopic (exact) mass is 266 g/mol. The predicted octanol–water partition coefficient (Wildman–Crippen LogP) is 4.22. The number of nitrogens with one attached hydrogen (secondary N) is 1. The minimum Gasteiger partial charge on any atom is -0.365 e. The van der Waals surface area contributed by atoms with Crippen LogP contribution >= 0.6 is 22.9 Å². The fourth-order valence-corrected chi connectivity index (χ4v) is 2.27. The molecule has 0 aliphatic carbocycles. The zero-order chi connectivity index (χ0) is 12.3. The molecule has 0 fully saturated rings. The van der Waals surface area contributed by atoms with E-state index in [1.54, 1.807) is 6.07 Å². The Morgan fingerprint density at radius 2 is 2.24 bits per heavy atom. The number of halogens is 2. The molecule has 0 radical (unpaired) electrons. The number of rotatable bonds is 3. The Hall–Kier alpha value is -1.57. The van der Waals surface area contributed by atoms with Gasteiger partial charge >= 0.3 is 0 Å². The maximum absolute atomic E-state index is 13.0. The fourth-order valence-electron chi connectivity index (χ4n) is 1.38. The summed E-state index contributed by atoms with van der Waals surface area (Å²) in [6.45, 7) is 0.